The van der Waals surface area contributed by atoms with Gasteiger partial charge in [0.05, 0.1) is 0 Å². The van der Waals surface area contributed by atoms with E-state index in [-0.39, 0.29) is 0 Å². The zero-order valence-corrected chi connectivity index (χ0v) is 13.0. The molecular weight excluding hydrogens is 234 g/mol. The Morgan fingerprint density at radius 2 is 1.74 bits per heavy atom. The highest BCUT2D eigenvalue weighted by Crippen LogP contribution is 2.17. The number of rotatable bonds is 4. The lowest BCUT2D eigenvalue weighted by molar-refractivity contribution is 0.200. The maximum atomic E-state index is 3.81. The molecule has 1 unspecified atom stereocenters. The van der Waals surface area contributed by atoms with E-state index in [1.165, 1.54) is 77.7 Å². The van der Waals surface area contributed by atoms with Gasteiger partial charge < -0.3 is 10.2 Å². The molecule has 0 aromatic heterocycles. The van der Waals surface area contributed by atoms with Crippen LogP contribution in [-0.2, 0) is 0 Å². The Kier molecular flexibility index (Phi) is 6.62. The quantitative estimate of drug-likeness (QED) is 0.789. The first-order valence-electron chi connectivity index (χ1n) is 8.41. The van der Waals surface area contributed by atoms with Gasteiger partial charge in [0.25, 0.3) is 0 Å². The van der Waals surface area contributed by atoms with Crippen LogP contribution in [0.5, 0.6) is 0 Å². The van der Waals surface area contributed by atoms with E-state index in [1.807, 2.05) is 0 Å². The third-order valence-electron chi connectivity index (χ3n) is 4.87. The van der Waals surface area contributed by atoms with Crippen molar-refractivity contribution in [2.75, 3.05) is 39.8 Å². The SMILES string of the molecule is CC1CN(C)CCCN1CCNC1CCCCCC1. The Morgan fingerprint density at radius 1 is 1.00 bits per heavy atom. The van der Waals surface area contributed by atoms with Crippen molar-refractivity contribution in [3.05, 3.63) is 0 Å². The fraction of sp³-hybridized carbons (Fsp3) is 1.00. The standard InChI is InChI=1S/C16H33N3/c1-15-14-18(2)11-7-12-19(15)13-10-17-16-8-5-3-4-6-9-16/h15-17H,3-14H2,1-2H3. The lowest BCUT2D eigenvalue weighted by Crippen LogP contribution is -2.43. The first-order chi connectivity index (χ1) is 9.25. The number of nitrogens with one attached hydrogen (secondary N) is 1. The largest absolute Gasteiger partial charge is 0.313 e. The van der Waals surface area contributed by atoms with Crippen LogP contribution in [0.15, 0.2) is 0 Å². The molecule has 1 aliphatic carbocycles. The molecule has 0 aromatic rings. The summed E-state index contributed by atoms with van der Waals surface area (Å²) in [5.74, 6) is 0. The molecule has 1 aliphatic heterocycles. The van der Waals surface area contributed by atoms with Crippen molar-refractivity contribution >= 4 is 0 Å². The van der Waals surface area contributed by atoms with Crippen LogP contribution in [0, 0.1) is 0 Å². The van der Waals surface area contributed by atoms with Gasteiger partial charge in [-0.1, -0.05) is 25.7 Å². The van der Waals surface area contributed by atoms with Crippen LogP contribution in [0.25, 0.3) is 0 Å². The summed E-state index contributed by atoms with van der Waals surface area (Å²) < 4.78 is 0. The van der Waals surface area contributed by atoms with Crippen LogP contribution in [0.3, 0.4) is 0 Å². The van der Waals surface area contributed by atoms with E-state index in [1.54, 1.807) is 0 Å². The minimum absolute atomic E-state index is 0.712. The van der Waals surface area contributed by atoms with Crippen molar-refractivity contribution in [2.45, 2.75) is 64.0 Å². The van der Waals surface area contributed by atoms with Gasteiger partial charge in [-0.25, -0.2) is 0 Å². The van der Waals surface area contributed by atoms with E-state index in [9.17, 15) is 0 Å². The summed E-state index contributed by atoms with van der Waals surface area (Å²) in [5, 5.41) is 3.81. The third kappa shape index (κ3) is 5.41. The second-order valence-electron chi connectivity index (χ2n) is 6.64. The van der Waals surface area contributed by atoms with Crippen molar-refractivity contribution in [1.29, 1.82) is 0 Å². The molecule has 0 bridgehead atoms. The Labute approximate surface area is 119 Å². The Hall–Kier alpha value is -0.120. The smallest absolute Gasteiger partial charge is 0.0195 e. The fourth-order valence-electron chi connectivity index (χ4n) is 3.65. The van der Waals surface area contributed by atoms with E-state index in [0.29, 0.717) is 6.04 Å². The Balaban J connectivity index is 1.66. The van der Waals surface area contributed by atoms with Gasteiger partial charge in [-0.3, -0.25) is 4.90 Å². The van der Waals surface area contributed by atoms with Gasteiger partial charge in [-0.15, -0.1) is 0 Å². The molecule has 1 heterocycles. The maximum Gasteiger partial charge on any atom is 0.0195 e. The average molecular weight is 267 g/mol. The lowest BCUT2D eigenvalue weighted by atomic mass is 10.1. The highest BCUT2D eigenvalue weighted by molar-refractivity contribution is 4.77. The first kappa shape index (κ1) is 15.3. The van der Waals surface area contributed by atoms with Crippen LogP contribution >= 0.6 is 0 Å². The molecule has 0 amide bonds. The summed E-state index contributed by atoms with van der Waals surface area (Å²) in [5.41, 5.74) is 0. The second kappa shape index (κ2) is 8.23. The van der Waals surface area contributed by atoms with Gasteiger partial charge in [0.2, 0.25) is 0 Å². The molecule has 19 heavy (non-hydrogen) atoms. The zero-order chi connectivity index (χ0) is 13.5. The van der Waals surface area contributed by atoms with Crippen LogP contribution in [0.2, 0.25) is 0 Å². The molecule has 0 spiro atoms. The molecular formula is C16H33N3. The van der Waals surface area contributed by atoms with Crippen molar-refractivity contribution in [3.8, 4) is 0 Å². The van der Waals surface area contributed by atoms with E-state index in [0.717, 1.165) is 6.04 Å². The summed E-state index contributed by atoms with van der Waals surface area (Å²) in [6.07, 6.45) is 9.90. The van der Waals surface area contributed by atoms with Gasteiger partial charge >= 0.3 is 0 Å². The molecule has 0 radical (unpaired) electrons. The molecule has 0 aromatic carbocycles. The Bertz CT molecular complexity index is 236. The summed E-state index contributed by atoms with van der Waals surface area (Å²) in [6.45, 7) is 8.55. The molecule has 2 rings (SSSR count). The molecule has 2 aliphatic rings. The van der Waals surface area contributed by atoms with Crippen LogP contribution in [0.1, 0.15) is 51.9 Å². The minimum atomic E-state index is 0.712. The molecule has 3 nitrogen and oxygen atoms in total. The highest BCUT2D eigenvalue weighted by Gasteiger charge is 2.19. The lowest BCUT2D eigenvalue weighted by Gasteiger charge is -2.28. The van der Waals surface area contributed by atoms with E-state index in [2.05, 4.69) is 29.1 Å². The fourth-order valence-corrected chi connectivity index (χ4v) is 3.65. The molecule has 112 valence electrons. The van der Waals surface area contributed by atoms with Crippen molar-refractivity contribution in [3.63, 3.8) is 0 Å². The topological polar surface area (TPSA) is 18.5 Å². The normalized spacial score (nSPS) is 29.1. The van der Waals surface area contributed by atoms with E-state index < -0.39 is 0 Å². The van der Waals surface area contributed by atoms with Crippen LogP contribution in [0.4, 0.5) is 0 Å². The van der Waals surface area contributed by atoms with Crippen LogP contribution in [-0.4, -0.2) is 61.7 Å². The third-order valence-corrected chi connectivity index (χ3v) is 4.87. The van der Waals surface area contributed by atoms with Gasteiger partial charge in [-0.2, -0.15) is 0 Å². The molecule has 1 saturated carbocycles. The van der Waals surface area contributed by atoms with Crippen molar-refractivity contribution in [2.24, 2.45) is 0 Å². The molecule has 1 saturated heterocycles. The molecule has 2 fully saturated rings. The van der Waals surface area contributed by atoms with Gasteiger partial charge in [0.15, 0.2) is 0 Å². The van der Waals surface area contributed by atoms with E-state index in [4.69, 9.17) is 0 Å². The number of hydrogen-bond donors (Lipinski definition) is 1. The second-order valence-corrected chi connectivity index (χ2v) is 6.64. The highest BCUT2D eigenvalue weighted by atomic mass is 15.2. The summed E-state index contributed by atoms with van der Waals surface area (Å²) >= 11 is 0. The van der Waals surface area contributed by atoms with Gasteiger partial charge in [0.1, 0.15) is 0 Å². The predicted octanol–water partition coefficient (Wildman–Crippen LogP) is 2.32. The number of nitrogens with zero attached hydrogens (tertiary/aromatic N) is 2. The summed E-state index contributed by atoms with van der Waals surface area (Å²) in [4.78, 5) is 5.15. The Morgan fingerprint density at radius 3 is 2.47 bits per heavy atom. The first-order valence-corrected chi connectivity index (χ1v) is 8.41. The van der Waals surface area contributed by atoms with E-state index >= 15 is 0 Å². The minimum Gasteiger partial charge on any atom is -0.313 e. The summed E-state index contributed by atoms with van der Waals surface area (Å²) in [6, 6.07) is 1.51. The zero-order valence-electron chi connectivity index (χ0n) is 13.0. The number of hydrogen-bond acceptors (Lipinski definition) is 3. The molecule has 3 heteroatoms. The van der Waals surface area contributed by atoms with Crippen molar-refractivity contribution in [1.82, 2.24) is 15.1 Å². The average Bonchev–Trinajstić information content (AvgIpc) is 2.72. The molecule has 1 N–H and O–H groups in total. The number of likely N-dealkylation sites (N-methyl/N-ethyl adjacent to an activating group) is 1. The predicted molar refractivity (Wildman–Crippen MR) is 82.6 cm³/mol. The maximum absolute atomic E-state index is 3.81. The van der Waals surface area contributed by atoms with Crippen molar-refractivity contribution < 1.29 is 0 Å². The van der Waals surface area contributed by atoms with Crippen LogP contribution < -0.4 is 5.32 Å². The summed E-state index contributed by atoms with van der Waals surface area (Å²) in [7, 11) is 2.25. The van der Waals surface area contributed by atoms with Gasteiger partial charge in [0, 0.05) is 31.7 Å². The monoisotopic (exact) mass is 267 g/mol. The van der Waals surface area contributed by atoms with Gasteiger partial charge in [-0.05, 0) is 46.3 Å². The molecule has 1 atom stereocenters.